The number of carbonyl (C=O) groups is 1. The van der Waals surface area contributed by atoms with Gasteiger partial charge in [-0.25, -0.2) is 9.48 Å². The highest BCUT2D eigenvalue weighted by molar-refractivity contribution is 5.87. The van der Waals surface area contributed by atoms with Crippen molar-refractivity contribution in [1.29, 1.82) is 5.26 Å². The molecule has 0 N–H and O–H groups in total. The SMILES string of the molecule is COC(=O)c1cc(C(C)(C)C)n(-c2cccc(C#N)c2)n1. The van der Waals surface area contributed by atoms with E-state index >= 15 is 0 Å². The lowest BCUT2D eigenvalue weighted by Crippen LogP contribution is -2.17. The molecular weight excluding hydrogens is 266 g/mol. The third-order valence-corrected chi connectivity index (χ3v) is 3.09. The van der Waals surface area contributed by atoms with E-state index < -0.39 is 5.97 Å². The van der Waals surface area contributed by atoms with Crippen LogP contribution in [0.1, 0.15) is 42.5 Å². The maximum absolute atomic E-state index is 11.7. The first-order valence-electron chi connectivity index (χ1n) is 6.56. The average Bonchev–Trinajstić information content (AvgIpc) is 2.92. The minimum atomic E-state index is -0.476. The first-order valence-corrected chi connectivity index (χ1v) is 6.56. The van der Waals surface area contributed by atoms with E-state index in [2.05, 4.69) is 11.2 Å². The van der Waals surface area contributed by atoms with E-state index in [-0.39, 0.29) is 11.1 Å². The van der Waals surface area contributed by atoms with Crippen LogP contribution in [0, 0.1) is 11.3 Å². The molecule has 1 heterocycles. The molecule has 108 valence electrons. The van der Waals surface area contributed by atoms with Gasteiger partial charge in [-0.15, -0.1) is 0 Å². The summed E-state index contributed by atoms with van der Waals surface area (Å²) in [5, 5.41) is 13.3. The Morgan fingerprint density at radius 2 is 2.05 bits per heavy atom. The molecule has 0 spiro atoms. The molecule has 0 radical (unpaired) electrons. The van der Waals surface area contributed by atoms with E-state index in [0.29, 0.717) is 5.56 Å². The predicted molar refractivity (Wildman–Crippen MR) is 78.3 cm³/mol. The van der Waals surface area contributed by atoms with Crippen LogP contribution < -0.4 is 0 Å². The molecule has 2 rings (SSSR count). The summed E-state index contributed by atoms with van der Waals surface area (Å²) in [5.74, 6) is -0.476. The summed E-state index contributed by atoms with van der Waals surface area (Å²) in [6.45, 7) is 6.11. The van der Waals surface area contributed by atoms with Gasteiger partial charge in [0.1, 0.15) is 0 Å². The summed E-state index contributed by atoms with van der Waals surface area (Å²) in [6.07, 6.45) is 0. The molecular formula is C16H17N3O2. The molecule has 0 atom stereocenters. The number of methoxy groups -OCH3 is 1. The number of hydrogen-bond acceptors (Lipinski definition) is 4. The number of carbonyl (C=O) groups excluding carboxylic acids is 1. The van der Waals surface area contributed by atoms with E-state index in [4.69, 9.17) is 10.00 Å². The van der Waals surface area contributed by atoms with E-state index in [1.807, 2.05) is 26.8 Å². The van der Waals surface area contributed by atoms with Crippen LogP contribution in [0.5, 0.6) is 0 Å². The van der Waals surface area contributed by atoms with Crippen molar-refractivity contribution in [1.82, 2.24) is 9.78 Å². The lowest BCUT2D eigenvalue weighted by atomic mass is 9.91. The summed E-state index contributed by atoms with van der Waals surface area (Å²) < 4.78 is 6.42. The van der Waals surface area contributed by atoms with E-state index in [1.54, 1.807) is 28.9 Å². The molecule has 0 aliphatic heterocycles. The Hall–Kier alpha value is -2.61. The second kappa shape index (κ2) is 5.41. The van der Waals surface area contributed by atoms with Gasteiger partial charge in [0, 0.05) is 5.41 Å². The van der Waals surface area contributed by atoms with Crippen molar-refractivity contribution in [3.63, 3.8) is 0 Å². The Balaban J connectivity index is 2.63. The summed E-state index contributed by atoms with van der Waals surface area (Å²) in [7, 11) is 1.33. The third-order valence-electron chi connectivity index (χ3n) is 3.09. The Morgan fingerprint density at radius 3 is 2.62 bits per heavy atom. The summed E-state index contributed by atoms with van der Waals surface area (Å²) in [4.78, 5) is 11.7. The number of nitriles is 1. The zero-order chi connectivity index (χ0) is 15.6. The third kappa shape index (κ3) is 2.95. The zero-order valence-corrected chi connectivity index (χ0v) is 12.5. The van der Waals surface area contributed by atoms with Gasteiger partial charge in [-0.3, -0.25) is 0 Å². The standard InChI is InChI=1S/C16H17N3O2/c1-16(2,3)14-9-13(15(20)21-4)18-19(14)12-7-5-6-11(8-12)10-17/h5-9H,1-4H3. The number of ether oxygens (including phenoxy) is 1. The topological polar surface area (TPSA) is 67.9 Å². The van der Waals surface area contributed by atoms with Gasteiger partial charge in [-0.1, -0.05) is 26.8 Å². The van der Waals surface area contributed by atoms with Crippen molar-refractivity contribution in [2.24, 2.45) is 0 Å². The largest absolute Gasteiger partial charge is 0.464 e. The number of aromatic nitrogens is 2. The van der Waals surface area contributed by atoms with Crippen molar-refractivity contribution in [2.45, 2.75) is 26.2 Å². The Kier molecular flexibility index (Phi) is 3.81. The zero-order valence-electron chi connectivity index (χ0n) is 12.5. The van der Waals surface area contributed by atoms with Crippen LogP contribution >= 0.6 is 0 Å². The highest BCUT2D eigenvalue weighted by Crippen LogP contribution is 2.26. The van der Waals surface area contributed by atoms with E-state index in [0.717, 1.165) is 11.4 Å². The molecule has 0 aliphatic carbocycles. The molecule has 5 heteroatoms. The van der Waals surface area contributed by atoms with Crippen LogP contribution in [0.4, 0.5) is 0 Å². The van der Waals surface area contributed by atoms with Gasteiger partial charge in [-0.2, -0.15) is 10.4 Å². The van der Waals surface area contributed by atoms with Crippen LogP contribution in [0.25, 0.3) is 5.69 Å². The molecule has 0 bridgehead atoms. The second-order valence-corrected chi connectivity index (χ2v) is 5.73. The van der Waals surface area contributed by atoms with Crippen LogP contribution in [0.2, 0.25) is 0 Å². The lowest BCUT2D eigenvalue weighted by Gasteiger charge is -2.20. The number of esters is 1. The van der Waals surface area contributed by atoms with Crippen LogP contribution in [0.3, 0.4) is 0 Å². The Labute approximate surface area is 123 Å². The van der Waals surface area contributed by atoms with Gasteiger partial charge in [0.2, 0.25) is 0 Å². The number of nitrogens with zero attached hydrogens (tertiary/aromatic N) is 3. The highest BCUT2D eigenvalue weighted by Gasteiger charge is 2.24. The molecule has 0 fully saturated rings. The highest BCUT2D eigenvalue weighted by atomic mass is 16.5. The van der Waals surface area contributed by atoms with Gasteiger partial charge >= 0.3 is 5.97 Å². The predicted octanol–water partition coefficient (Wildman–Crippen LogP) is 2.83. The normalized spacial score (nSPS) is 11.0. The maximum atomic E-state index is 11.7. The molecule has 0 amide bonds. The van der Waals surface area contributed by atoms with Gasteiger partial charge in [0.25, 0.3) is 0 Å². The fourth-order valence-electron chi connectivity index (χ4n) is 2.02. The maximum Gasteiger partial charge on any atom is 0.358 e. The van der Waals surface area contributed by atoms with Crippen molar-refractivity contribution < 1.29 is 9.53 Å². The minimum absolute atomic E-state index is 0.206. The Morgan fingerprint density at radius 1 is 1.33 bits per heavy atom. The quantitative estimate of drug-likeness (QED) is 0.795. The van der Waals surface area contributed by atoms with Gasteiger partial charge in [-0.05, 0) is 24.3 Å². The first kappa shape index (κ1) is 14.8. The number of hydrogen-bond donors (Lipinski definition) is 0. The fraction of sp³-hybridized carbons (Fsp3) is 0.312. The van der Waals surface area contributed by atoms with Crippen LogP contribution in [-0.4, -0.2) is 22.9 Å². The second-order valence-electron chi connectivity index (χ2n) is 5.73. The molecule has 5 nitrogen and oxygen atoms in total. The molecule has 0 saturated carbocycles. The lowest BCUT2D eigenvalue weighted by molar-refractivity contribution is 0.0593. The molecule has 0 aliphatic rings. The summed E-state index contributed by atoms with van der Waals surface area (Å²) in [5.41, 5.74) is 2.21. The molecule has 0 saturated heterocycles. The summed E-state index contributed by atoms with van der Waals surface area (Å²) >= 11 is 0. The summed E-state index contributed by atoms with van der Waals surface area (Å²) in [6, 6.07) is 10.9. The smallest absolute Gasteiger partial charge is 0.358 e. The molecule has 0 unspecified atom stereocenters. The van der Waals surface area contributed by atoms with Crippen molar-refractivity contribution in [3.05, 3.63) is 47.3 Å². The minimum Gasteiger partial charge on any atom is -0.464 e. The van der Waals surface area contributed by atoms with E-state index in [1.165, 1.54) is 7.11 Å². The van der Waals surface area contributed by atoms with Gasteiger partial charge < -0.3 is 4.74 Å². The molecule has 21 heavy (non-hydrogen) atoms. The van der Waals surface area contributed by atoms with Crippen LogP contribution in [-0.2, 0) is 10.2 Å². The van der Waals surface area contributed by atoms with Crippen LogP contribution in [0.15, 0.2) is 30.3 Å². The monoisotopic (exact) mass is 283 g/mol. The first-order chi connectivity index (χ1) is 9.86. The molecule has 1 aromatic carbocycles. The Bertz CT molecular complexity index is 718. The van der Waals surface area contributed by atoms with Crippen molar-refractivity contribution in [2.75, 3.05) is 7.11 Å². The van der Waals surface area contributed by atoms with Crippen molar-refractivity contribution >= 4 is 5.97 Å². The van der Waals surface area contributed by atoms with Gasteiger partial charge in [0.05, 0.1) is 30.1 Å². The van der Waals surface area contributed by atoms with E-state index in [9.17, 15) is 4.79 Å². The number of rotatable bonds is 2. The number of benzene rings is 1. The fourth-order valence-corrected chi connectivity index (χ4v) is 2.02. The molecule has 1 aromatic heterocycles. The van der Waals surface area contributed by atoms with Gasteiger partial charge in [0.15, 0.2) is 5.69 Å². The average molecular weight is 283 g/mol. The molecule has 2 aromatic rings. The van der Waals surface area contributed by atoms with Crippen molar-refractivity contribution in [3.8, 4) is 11.8 Å².